The van der Waals surface area contributed by atoms with Gasteiger partial charge in [-0.1, -0.05) is 35.5 Å². The molecule has 0 bridgehead atoms. The molecule has 0 amide bonds. The summed E-state index contributed by atoms with van der Waals surface area (Å²) in [7, 11) is 0. The molecule has 0 aliphatic carbocycles. The molecule has 0 radical (unpaired) electrons. The van der Waals surface area contributed by atoms with Gasteiger partial charge in [-0.2, -0.15) is 0 Å². The Morgan fingerprint density at radius 3 is 2.86 bits per heavy atom. The first-order valence-electron chi connectivity index (χ1n) is 7.27. The Labute approximate surface area is 128 Å². The van der Waals surface area contributed by atoms with Crippen LogP contribution in [0.15, 0.2) is 60.0 Å². The van der Waals surface area contributed by atoms with Crippen LogP contribution >= 0.6 is 0 Å². The SMILES string of the molecule is NCCCON=C(c1ccccc1)c1cc2ccncc2[nH]1. The van der Waals surface area contributed by atoms with Gasteiger partial charge in [-0.25, -0.2) is 0 Å². The minimum Gasteiger partial charge on any atom is -0.395 e. The van der Waals surface area contributed by atoms with E-state index in [1.54, 1.807) is 12.4 Å². The Hall–Kier alpha value is -2.66. The van der Waals surface area contributed by atoms with E-state index in [0.717, 1.165) is 34.3 Å². The molecule has 3 aromatic rings. The lowest BCUT2D eigenvalue weighted by Gasteiger charge is -2.05. The second-order valence-corrected chi connectivity index (χ2v) is 4.93. The third kappa shape index (κ3) is 3.15. The topological polar surface area (TPSA) is 76.3 Å². The van der Waals surface area contributed by atoms with Crippen molar-refractivity contribution in [1.29, 1.82) is 0 Å². The lowest BCUT2D eigenvalue weighted by atomic mass is 10.1. The van der Waals surface area contributed by atoms with E-state index in [9.17, 15) is 0 Å². The Kier molecular flexibility index (Phi) is 4.46. The highest BCUT2D eigenvalue weighted by molar-refractivity contribution is 6.13. The molecule has 22 heavy (non-hydrogen) atoms. The number of oxime groups is 1. The smallest absolute Gasteiger partial charge is 0.133 e. The van der Waals surface area contributed by atoms with Crippen LogP contribution in [0, 0.1) is 0 Å². The standard InChI is InChI=1S/C17H18N4O/c18-8-4-10-22-21-17(13-5-2-1-3-6-13)15-11-14-7-9-19-12-16(14)20-15/h1-3,5-7,9,11-12,20H,4,8,10,18H2. The van der Waals surface area contributed by atoms with E-state index in [2.05, 4.69) is 21.2 Å². The van der Waals surface area contributed by atoms with Gasteiger partial charge in [0, 0.05) is 17.1 Å². The normalized spacial score (nSPS) is 11.8. The molecule has 0 spiro atoms. The highest BCUT2D eigenvalue weighted by Crippen LogP contribution is 2.17. The summed E-state index contributed by atoms with van der Waals surface area (Å²) in [5.74, 6) is 0. The molecule has 1 aromatic carbocycles. The highest BCUT2D eigenvalue weighted by Gasteiger charge is 2.11. The van der Waals surface area contributed by atoms with Gasteiger partial charge in [-0.05, 0) is 25.1 Å². The highest BCUT2D eigenvalue weighted by atomic mass is 16.6. The van der Waals surface area contributed by atoms with E-state index in [4.69, 9.17) is 10.6 Å². The van der Waals surface area contributed by atoms with Gasteiger partial charge in [-0.15, -0.1) is 0 Å². The summed E-state index contributed by atoms with van der Waals surface area (Å²) in [5, 5.41) is 5.40. The average molecular weight is 294 g/mol. The van der Waals surface area contributed by atoms with Crippen molar-refractivity contribution in [1.82, 2.24) is 9.97 Å². The van der Waals surface area contributed by atoms with Crippen LogP contribution in [-0.4, -0.2) is 28.8 Å². The van der Waals surface area contributed by atoms with E-state index < -0.39 is 0 Å². The molecular formula is C17H18N4O. The van der Waals surface area contributed by atoms with Crippen LogP contribution in [0.3, 0.4) is 0 Å². The first kappa shape index (κ1) is 14.3. The van der Waals surface area contributed by atoms with Crippen LogP contribution in [0.25, 0.3) is 10.9 Å². The molecule has 0 saturated carbocycles. The van der Waals surface area contributed by atoms with E-state index in [1.807, 2.05) is 36.4 Å². The maximum absolute atomic E-state index is 5.48. The number of rotatable bonds is 6. The molecule has 0 atom stereocenters. The quantitative estimate of drug-likeness (QED) is 0.417. The van der Waals surface area contributed by atoms with E-state index >= 15 is 0 Å². The summed E-state index contributed by atoms with van der Waals surface area (Å²) in [4.78, 5) is 12.9. The molecule has 0 saturated heterocycles. The largest absolute Gasteiger partial charge is 0.395 e. The van der Waals surface area contributed by atoms with Crippen molar-refractivity contribution in [2.75, 3.05) is 13.2 Å². The molecule has 3 rings (SSSR count). The number of H-pyrrole nitrogens is 1. The zero-order valence-corrected chi connectivity index (χ0v) is 12.2. The fourth-order valence-electron chi connectivity index (χ4n) is 2.21. The van der Waals surface area contributed by atoms with Crippen molar-refractivity contribution in [3.63, 3.8) is 0 Å². The number of aromatic amines is 1. The van der Waals surface area contributed by atoms with Crippen molar-refractivity contribution in [2.45, 2.75) is 6.42 Å². The first-order chi connectivity index (χ1) is 10.9. The molecule has 0 aliphatic rings. The number of nitrogens with one attached hydrogen (secondary N) is 1. The maximum Gasteiger partial charge on any atom is 0.133 e. The molecule has 0 aliphatic heterocycles. The van der Waals surface area contributed by atoms with Gasteiger partial charge in [0.1, 0.15) is 12.3 Å². The summed E-state index contributed by atoms with van der Waals surface area (Å²) in [6.07, 6.45) is 4.36. The lowest BCUT2D eigenvalue weighted by molar-refractivity contribution is 0.143. The van der Waals surface area contributed by atoms with E-state index in [0.29, 0.717) is 13.2 Å². The molecule has 0 fully saturated rings. The van der Waals surface area contributed by atoms with Crippen molar-refractivity contribution < 1.29 is 4.84 Å². The predicted octanol–water partition coefficient (Wildman–Crippen LogP) is 2.68. The second kappa shape index (κ2) is 6.87. The molecule has 0 unspecified atom stereocenters. The zero-order valence-electron chi connectivity index (χ0n) is 12.2. The van der Waals surface area contributed by atoms with Crippen LogP contribution < -0.4 is 5.73 Å². The Morgan fingerprint density at radius 2 is 2.09 bits per heavy atom. The van der Waals surface area contributed by atoms with Gasteiger partial charge in [0.05, 0.1) is 17.4 Å². The minimum atomic E-state index is 0.509. The van der Waals surface area contributed by atoms with Crippen molar-refractivity contribution in [3.05, 3.63) is 66.1 Å². The summed E-state index contributed by atoms with van der Waals surface area (Å²) in [5.41, 5.74) is 9.12. The number of fused-ring (bicyclic) bond motifs is 1. The first-order valence-corrected chi connectivity index (χ1v) is 7.27. The predicted molar refractivity (Wildman–Crippen MR) is 87.8 cm³/mol. The van der Waals surface area contributed by atoms with E-state index in [-0.39, 0.29) is 0 Å². The van der Waals surface area contributed by atoms with Crippen LogP contribution in [0.1, 0.15) is 17.7 Å². The Bertz CT molecular complexity index is 731. The van der Waals surface area contributed by atoms with Gasteiger partial charge in [0.25, 0.3) is 0 Å². The average Bonchev–Trinajstić information content (AvgIpc) is 2.99. The van der Waals surface area contributed by atoms with Gasteiger partial charge in [-0.3, -0.25) is 4.98 Å². The van der Waals surface area contributed by atoms with Crippen LogP contribution in [-0.2, 0) is 4.84 Å². The lowest BCUT2D eigenvalue weighted by Crippen LogP contribution is -2.07. The molecule has 2 heterocycles. The number of aromatic nitrogens is 2. The third-order valence-electron chi connectivity index (χ3n) is 3.32. The van der Waals surface area contributed by atoms with Crippen LogP contribution in [0.2, 0.25) is 0 Å². The molecule has 5 heteroatoms. The number of nitrogens with two attached hydrogens (primary N) is 1. The molecular weight excluding hydrogens is 276 g/mol. The number of hydrogen-bond donors (Lipinski definition) is 2. The fraction of sp³-hybridized carbons (Fsp3) is 0.176. The zero-order chi connectivity index (χ0) is 15.2. The van der Waals surface area contributed by atoms with Crippen molar-refractivity contribution in [2.24, 2.45) is 10.9 Å². The second-order valence-electron chi connectivity index (χ2n) is 4.93. The Balaban J connectivity index is 1.97. The maximum atomic E-state index is 5.48. The number of benzene rings is 1. The summed E-state index contributed by atoms with van der Waals surface area (Å²) < 4.78 is 0. The Morgan fingerprint density at radius 1 is 1.23 bits per heavy atom. The van der Waals surface area contributed by atoms with E-state index in [1.165, 1.54) is 0 Å². The van der Waals surface area contributed by atoms with Gasteiger partial charge in [0.15, 0.2) is 0 Å². The van der Waals surface area contributed by atoms with Crippen LogP contribution in [0.5, 0.6) is 0 Å². The fourth-order valence-corrected chi connectivity index (χ4v) is 2.21. The molecule has 3 N–H and O–H groups in total. The monoisotopic (exact) mass is 294 g/mol. The van der Waals surface area contributed by atoms with Crippen molar-refractivity contribution in [3.8, 4) is 0 Å². The minimum absolute atomic E-state index is 0.509. The number of nitrogens with zero attached hydrogens (tertiary/aromatic N) is 2. The number of hydrogen-bond acceptors (Lipinski definition) is 4. The van der Waals surface area contributed by atoms with Gasteiger partial charge >= 0.3 is 0 Å². The third-order valence-corrected chi connectivity index (χ3v) is 3.32. The molecule has 2 aromatic heterocycles. The number of pyridine rings is 1. The molecule has 5 nitrogen and oxygen atoms in total. The van der Waals surface area contributed by atoms with Gasteiger partial charge in [0.2, 0.25) is 0 Å². The van der Waals surface area contributed by atoms with Crippen molar-refractivity contribution >= 4 is 16.6 Å². The van der Waals surface area contributed by atoms with Gasteiger partial charge < -0.3 is 15.6 Å². The molecule has 112 valence electrons. The summed E-state index contributed by atoms with van der Waals surface area (Å²) in [6, 6.07) is 14.0. The summed E-state index contributed by atoms with van der Waals surface area (Å²) in [6.45, 7) is 1.10. The van der Waals surface area contributed by atoms with Crippen LogP contribution in [0.4, 0.5) is 0 Å². The summed E-state index contributed by atoms with van der Waals surface area (Å²) >= 11 is 0.